The molecule has 1 unspecified atom stereocenters. The van der Waals surface area contributed by atoms with Gasteiger partial charge in [-0.25, -0.2) is 13.2 Å². The van der Waals surface area contributed by atoms with Crippen LogP contribution in [0.25, 0.3) is 0 Å². The minimum Gasteiger partial charge on any atom is -0.479 e. The van der Waals surface area contributed by atoms with Gasteiger partial charge in [0.05, 0.1) is 16.6 Å². The Bertz CT molecular complexity index is 756. The normalized spacial score (nSPS) is 22.6. The molecule has 1 aliphatic rings. The first-order valence-corrected chi connectivity index (χ1v) is 9.90. The zero-order valence-corrected chi connectivity index (χ0v) is 15.8. The van der Waals surface area contributed by atoms with Crippen molar-refractivity contribution in [1.29, 1.82) is 0 Å². The van der Waals surface area contributed by atoms with Gasteiger partial charge < -0.3 is 9.84 Å². The van der Waals surface area contributed by atoms with Gasteiger partial charge in [-0.2, -0.15) is 17.5 Å². The highest BCUT2D eigenvalue weighted by molar-refractivity contribution is 7.89. The number of aliphatic carboxylic acids is 1. The van der Waals surface area contributed by atoms with Crippen molar-refractivity contribution in [2.24, 2.45) is 0 Å². The number of carboxylic acids is 1. The molecule has 0 saturated heterocycles. The van der Waals surface area contributed by atoms with Crippen LogP contribution in [0.2, 0.25) is 0 Å². The number of sulfonamides is 1. The molecule has 1 aromatic carbocycles. The SMILES string of the molecule is CC(OC1CCC(N(C)S(=O)(=O)c2ccc(C(F)(F)F)cc2)CC1)C(=O)O. The Morgan fingerprint density at radius 3 is 2.15 bits per heavy atom. The third-order valence-corrected chi connectivity index (χ3v) is 6.69. The molecule has 1 saturated carbocycles. The van der Waals surface area contributed by atoms with Crippen molar-refractivity contribution in [2.75, 3.05) is 7.05 Å². The van der Waals surface area contributed by atoms with Gasteiger partial charge in [0, 0.05) is 13.1 Å². The number of ether oxygens (including phenoxy) is 1. The summed E-state index contributed by atoms with van der Waals surface area (Å²) in [7, 11) is -2.52. The van der Waals surface area contributed by atoms with Gasteiger partial charge in [-0.05, 0) is 56.9 Å². The summed E-state index contributed by atoms with van der Waals surface area (Å²) in [4.78, 5) is 10.6. The molecule has 0 heterocycles. The van der Waals surface area contributed by atoms with Gasteiger partial charge in [0.2, 0.25) is 10.0 Å². The fourth-order valence-corrected chi connectivity index (χ4v) is 4.49. The summed E-state index contributed by atoms with van der Waals surface area (Å²) in [5.74, 6) is -1.06. The van der Waals surface area contributed by atoms with Crippen LogP contribution in [0, 0.1) is 0 Å². The quantitative estimate of drug-likeness (QED) is 0.781. The van der Waals surface area contributed by atoms with Crippen molar-refractivity contribution in [3.63, 3.8) is 0 Å². The monoisotopic (exact) mass is 409 g/mol. The topological polar surface area (TPSA) is 83.9 Å². The average Bonchev–Trinajstić information content (AvgIpc) is 2.61. The standard InChI is InChI=1S/C17H22F3NO5S/c1-11(16(22)23)26-14-7-5-13(6-8-14)21(2)27(24,25)15-9-3-12(4-10-15)17(18,19)20/h3-4,9-11,13-14H,5-8H2,1-2H3,(H,22,23). The predicted molar refractivity (Wildman–Crippen MR) is 90.6 cm³/mol. The number of carbonyl (C=O) groups is 1. The lowest BCUT2D eigenvalue weighted by atomic mass is 9.93. The molecule has 1 atom stereocenters. The van der Waals surface area contributed by atoms with Crippen molar-refractivity contribution in [1.82, 2.24) is 4.31 Å². The molecular weight excluding hydrogens is 387 g/mol. The van der Waals surface area contributed by atoms with Crippen LogP contribution in [0.15, 0.2) is 29.2 Å². The van der Waals surface area contributed by atoms with E-state index < -0.39 is 33.8 Å². The van der Waals surface area contributed by atoms with Gasteiger partial charge in [0.15, 0.2) is 6.10 Å². The van der Waals surface area contributed by atoms with E-state index in [4.69, 9.17) is 9.84 Å². The maximum absolute atomic E-state index is 12.7. The van der Waals surface area contributed by atoms with Crippen LogP contribution < -0.4 is 0 Å². The number of hydrogen-bond donors (Lipinski definition) is 1. The number of rotatable bonds is 6. The molecule has 1 fully saturated rings. The first kappa shape index (κ1) is 21.6. The van der Waals surface area contributed by atoms with E-state index in [-0.39, 0.29) is 17.0 Å². The number of nitrogens with zero attached hydrogens (tertiary/aromatic N) is 1. The van der Waals surface area contributed by atoms with Crippen LogP contribution in [0.3, 0.4) is 0 Å². The fourth-order valence-electron chi connectivity index (χ4n) is 3.07. The second-order valence-electron chi connectivity index (χ2n) is 6.59. The van der Waals surface area contributed by atoms with E-state index in [0.29, 0.717) is 25.7 Å². The first-order chi connectivity index (χ1) is 12.4. The highest BCUT2D eigenvalue weighted by Gasteiger charge is 2.34. The summed E-state index contributed by atoms with van der Waals surface area (Å²) in [5.41, 5.74) is -0.908. The molecular formula is C17H22F3NO5S. The third-order valence-electron chi connectivity index (χ3n) is 4.76. The Morgan fingerprint density at radius 1 is 1.19 bits per heavy atom. The molecule has 0 amide bonds. The van der Waals surface area contributed by atoms with E-state index in [0.717, 1.165) is 24.3 Å². The third kappa shape index (κ3) is 5.20. The minimum atomic E-state index is -4.53. The molecule has 6 nitrogen and oxygen atoms in total. The summed E-state index contributed by atoms with van der Waals surface area (Å²) in [6.45, 7) is 1.44. The Labute approximate surface area is 156 Å². The average molecular weight is 409 g/mol. The molecule has 1 aromatic rings. The number of alkyl halides is 3. The Balaban J connectivity index is 2.02. The highest BCUT2D eigenvalue weighted by atomic mass is 32.2. The molecule has 0 bridgehead atoms. The van der Waals surface area contributed by atoms with E-state index in [1.54, 1.807) is 0 Å². The molecule has 0 aliphatic heterocycles. The summed E-state index contributed by atoms with van der Waals surface area (Å²) in [6.07, 6.45) is -3.74. The smallest absolute Gasteiger partial charge is 0.416 e. The van der Waals surface area contributed by atoms with E-state index in [1.165, 1.54) is 18.3 Å². The zero-order chi connectivity index (χ0) is 20.4. The molecule has 0 aromatic heterocycles. The molecule has 1 N–H and O–H groups in total. The summed E-state index contributed by atoms with van der Waals surface area (Å²) < 4.78 is 69.9. The predicted octanol–water partition coefficient (Wildman–Crippen LogP) is 3.13. The van der Waals surface area contributed by atoms with Crippen molar-refractivity contribution >= 4 is 16.0 Å². The van der Waals surface area contributed by atoms with Crippen molar-refractivity contribution in [2.45, 2.75) is 61.9 Å². The van der Waals surface area contributed by atoms with Gasteiger partial charge >= 0.3 is 12.1 Å². The molecule has 1 aliphatic carbocycles. The van der Waals surface area contributed by atoms with E-state index >= 15 is 0 Å². The zero-order valence-electron chi connectivity index (χ0n) is 14.9. The van der Waals surface area contributed by atoms with Crippen molar-refractivity contribution in [3.8, 4) is 0 Å². The van der Waals surface area contributed by atoms with Crippen LogP contribution in [0.1, 0.15) is 38.2 Å². The number of halogens is 3. The molecule has 27 heavy (non-hydrogen) atoms. The fraction of sp³-hybridized carbons (Fsp3) is 0.588. The van der Waals surface area contributed by atoms with Gasteiger partial charge in [-0.1, -0.05) is 0 Å². The molecule has 0 radical (unpaired) electrons. The Morgan fingerprint density at radius 2 is 1.70 bits per heavy atom. The summed E-state index contributed by atoms with van der Waals surface area (Å²) >= 11 is 0. The molecule has 2 rings (SSSR count). The maximum Gasteiger partial charge on any atom is 0.416 e. The molecule has 152 valence electrons. The molecule has 10 heteroatoms. The number of benzene rings is 1. The van der Waals surface area contributed by atoms with E-state index in [9.17, 15) is 26.4 Å². The van der Waals surface area contributed by atoms with Gasteiger partial charge in [0.25, 0.3) is 0 Å². The van der Waals surface area contributed by atoms with Gasteiger partial charge in [-0.3, -0.25) is 0 Å². The lowest BCUT2D eigenvalue weighted by Gasteiger charge is -2.34. The van der Waals surface area contributed by atoms with E-state index in [1.807, 2.05) is 0 Å². The van der Waals surface area contributed by atoms with Crippen molar-refractivity contribution < 1.29 is 36.2 Å². The van der Waals surface area contributed by atoms with Gasteiger partial charge in [0.1, 0.15) is 0 Å². The second-order valence-corrected chi connectivity index (χ2v) is 8.59. The highest BCUT2D eigenvalue weighted by Crippen LogP contribution is 2.32. The lowest BCUT2D eigenvalue weighted by molar-refractivity contribution is -0.154. The van der Waals surface area contributed by atoms with Gasteiger partial charge in [-0.15, -0.1) is 0 Å². The lowest BCUT2D eigenvalue weighted by Crippen LogP contribution is -2.41. The second kappa shape index (κ2) is 8.15. The van der Waals surface area contributed by atoms with Crippen LogP contribution in [-0.4, -0.2) is 49.1 Å². The summed E-state index contributed by atoms with van der Waals surface area (Å²) in [5, 5.41) is 8.87. The maximum atomic E-state index is 12.7. The first-order valence-electron chi connectivity index (χ1n) is 8.46. The minimum absolute atomic E-state index is 0.198. The van der Waals surface area contributed by atoms with E-state index in [2.05, 4.69) is 0 Å². The van der Waals surface area contributed by atoms with Crippen LogP contribution in [-0.2, 0) is 25.7 Å². The Kier molecular flexibility index (Phi) is 6.54. The summed E-state index contributed by atoms with van der Waals surface area (Å²) in [6, 6.07) is 3.09. The van der Waals surface area contributed by atoms with Crippen LogP contribution in [0.5, 0.6) is 0 Å². The van der Waals surface area contributed by atoms with Crippen LogP contribution in [0.4, 0.5) is 13.2 Å². The Hall–Kier alpha value is -1.65. The number of hydrogen-bond acceptors (Lipinski definition) is 4. The van der Waals surface area contributed by atoms with Crippen molar-refractivity contribution in [3.05, 3.63) is 29.8 Å². The molecule has 0 spiro atoms. The van der Waals surface area contributed by atoms with Crippen LogP contribution >= 0.6 is 0 Å². The number of carboxylic acid groups (broad SMARTS) is 1. The largest absolute Gasteiger partial charge is 0.479 e.